The number of rotatable bonds is 4. The number of carbonyl (C=O) groups excluding carboxylic acids is 1. The van der Waals surface area contributed by atoms with Gasteiger partial charge in [0, 0.05) is 31.0 Å². The molecule has 1 fully saturated rings. The summed E-state index contributed by atoms with van der Waals surface area (Å²) >= 11 is 0. The molecule has 0 spiro atoms. The summed E-state index contributed by atoms with van der Waals surface area (Å²) in [6, 6.07) is 6.82. The van der Waals surface area contributed by atoms with Gasteiger partial charge in [0.25, 0.3) is 11.5 Å². The molecule has 1 N–H and O–H groups in total. The van der Waals surface area contributed by atoms with Crippen molar-refractivity contribution < 1.29 is 4.79 Å². The van der Waals surface area contributed by atoms with Crippen molar-refractivity contribution in [2.24, 2.45) is 0 Å². The molecule has 1 aliphatic carbocycles. The van der Waals surface area contributed by atoms with Crippen molar-refractivity contribution >= 4 is 5.91 Å². The number of hydrogen-bond acceptors (Lipinski definition) is 4. The number of nitrogens with zero attached hydrogens (tertiary/aromatic N) is 3. The van der Waals surface area contributed by atoms with Crippen molar-refractivity contribution in [2.75, 3.05) is 0 Å². The van der Waals surface area contributed by atoms with Crippen LogP contribution in [0.25, 0.3) is 0 Å². The van der Waals surface area contributed by atoms with Gasteiger partial charge >= 0.3 is 0 Å². The predicted octanol–water partition coefficient (Wildman–Crippen LogP) is 0.970. The van der Waals surface area contributed by atoms with E-state index in [2.05, 4.69) is 15.2 Å². The van der Waals surface area contributed by atoms with Gasteiger partial charge in [0.15, 0.2) is 0 Å². The molecule has 6 heteroatoms. The topological polar surface area (TPSA) is 79.0 Å². The monoisotopic (exact) mass is 270 g/mol. The molecule has 102 valence electrons. The lowest BCUT2D eigenvalue weighted by atomic mass is 10.2. The first kappa shape index (κ1) is 12.5. The van der Waals surface area contributed by atoms with Crippen molar-refractivity contribution in [1.29, 1.82) is 0 Å². The maximum Gasteiger partial charge on any atom is 0.274 e. The molecule has 0 radical (unpaired) electrons. The van der Waals surface area contributed by atoms with E-state index in [1.54, 1.807) is 17.3 Å². The molecule has 1 saturated carbocycles. The lowest BCUT2D eigenvalue weighted by Crippen LogP contribution is -2.33. The summed E-state index contributed by atoms with van der Waals surface area (Å²) in [7, 11) is 0. The Morgan fingerprint density at radius 3 is 2.80 bits per heavy atom. The summed E-state index contributed by atoms with van der Waals surface area (Å²) < 4.78 is 0. The van der Waals surface area contributed by atoms with Crippen LogP contribution in [-0.4, -0.2) is 32.0 Å². The van der Waals surface area contributed by atoms with Crippen molar-refractivity contribution in [2.45, 2.75) is 25.4 Å². The van der Waals surface area contributed by atoms with Gasteiger partial charge in [-0.3, -0.25) is 14.6 Å². The smallest absolute Gasteiger partial charge is 0.274 e. The van der Waals surface area contributed by atoms with Gasteiger partial charge in [0.2, 0.25) is 0 Å². The Hall–Kier alpha value is -2.50. The number of nitrogens with one attached hydrogen (secondary N) is 1. The number of pyridine rings is 1. The van der Waals surface area contributed by atoms with Crippen molar-refractivity contribution in [3.8, 4) is 0 Å². The van der Waals surface area contributed by atoms with Crippen LogP contribution in [0.1, 0.15) is 28.9 Å². The number of aromatic nitrogens is 3. The summed E-state index contributed by atoms with van der Waals surface area (Å²) in [5, 5.41) is 6.10. The molecule has 1 amide bonds. The van der Waals surface area contributed by atoms with Gasteiger partial charge in [-0.05, 0) is 30.5 Å². The highest BCUT2D eigenvalue weighted by Crippen LogP contribution is 2.29. The minimum atomic E-state index is -0.313. The summed E-state index contributed by atoms with van der Waals surface area (Å²) in [5.74, 6) is -0.160. The fourth-order valence-electron chi connectivity index (χ4n) is 2.05. The minimum absolute atomic E-state index is 0.160. The first-order chi connectivity index (χ1) is 9.74. The maximum absolute atomic E-state index is 12.5. The molecule has 1 aliphatic rings. The molecule has 3 rings (SSSR count). The standard InChI is InChI=1S/C14H14N4O2/c19-13-6-5-12(16-17-13)14(20)18(11-3-4-11)9-10-2-1-7-15-8-10/h1-2,5-8,11H,3-4,9H2,(H,17,19). The average molecular weight is 270 g/mol. The predicted molar refractivity (Wildman–Crippen MR) is 72.0 cm³/mol. The van der Waals surface area contributed by atoms with E-state index < -0.39 is 0 Å². The van der Waals surface area contributed by atoms with E-state index in [1.807, 2.05) is 12.1 Å². The van der Waals surface area contributed by atoms with E-state index >= 15 is 0 Å². The Balaban J connectivity index is 1.82. The van der Waals surface area contributed by atoms with Crippen LogP contribution in [0.4, 0.5) is 0 Å². The lowest BCUT2D eigenvalue weighted by molar-refractivity contribution is 0.0722. The van der Waals surface area contributed by atoms with E-state index in [0.717, 1.165) is 18.4 Å². The summed E-state index contributed by atoms with van der Waals surface area (Å²) in [5.41, 5.74) is 0.935. The van der Waals surface area contributed by atoms with Crippen LogP contribution in [0.5, 0.6) is 0 Å². The molecule has 6 nitrogen and oxygen atoms in total. The third-order valence-corrected chi connectivity index (χ3v) is 3.22. The second kappa shape index (κ2) is 5.24. The molecule has 0 aromatic carbocycles. The first-order valence-corrected chi connectivity index (χ1v) is 6.49. The normalized spacial score (nSPS) is 14.0. The van der Waals surface area contributed by atoms with E-state index in [0.29, 0.717) is 6.54 Å². The zero-order chi connectivity index (χ0) is 13.9. The summed E-state index contributed by atoms with van der Waals surface area (Å²) in [6.45, 7) is 0.512. The number of hydrogen-bond donors (Lipinski definition) is 1. The Labute approximate surface area is 115 Å². The average Bonchev–Trinajstić information content (AvgIpc) is 3.30. The number of aromatic amines is 1. The highest BCUT2D eigenvalue weighted by Gasteiger charge is 2.33. The van der Waals surface area contributed by atoms with E-state index in [1.165, 1.54) is 12.1 Å². The Bertz CT molecular complexity index is 644. The molecular weight excluding hydrogens is 256 g/mol. The van der Waals surface area contributed by atoms with Crippen LogP contribution in [0, 0.1) is 0 Å². The van der Waals surface area contributed by atoms with Gasteiger partial charge in [-0.2, -0.15) is 5.10 Å². The molecule has 0 unspecified atom stereocenters. The van der Waals surface area contributed by atoms with E-state index in [9.17, 15) is 9.59 Å². The molecule has 20 heavy (non-hydrogen) atoms. The number of amides is 1. The zero-order valence-electron chi connectivity index (χ0n) is 10.8. The van der Waals surface area contributed by atoms with Crippen molar-refractivity contribution in [1.82, 2.24) is 20.1 Å². The Morgan fingerprint density at radius 2 is 2.20 bits per heavy atom. The molecule has 2 heterocycles. The van der Waals surface area contributed by atoms with Gasteiger partial charge in [0.1, 0.15) is 5.69 Å². The quantitative estimate of drug-likeness (QED) is 0.897. The molecule has 0 bridgehead atoms. The van der Waals surface area contributed by atoms with Gasteiger partial charge in [0.05, 0.1) is 0 Å². The third kappa shape index (κ3) is 2.74. The molecular formula is C14H14N4O2. The first-order valence-electron chi connectivity index (χ1n) is 6.49. The van der Waals surface area contributed by atoms with Crippen molar-refractivity contribution in [3.05, 3.63) is 58.3 Å². The van der Waals surface area contributed by atoms with Crippen LogP contribution in [-0.2, 0) is 6.54 Å². The van der Waals surface area contributed by atoms with Crippen LogP contribution in [0.2, 0.25) is 0 Å². The lowest BCUT2D eigenvalue weighted by Gasteiger charge is -2.21. The fourth-order valence-corrected chi connectivity index (χ4v) is 2.05. The minimum Gasteiger partial charge on any atom is -0.330 e. The molecule has 2 aromatic rings. The molecule has 0 saturated heterocycles. The van der Waals surface area contributed by atoms with Gasteiger partial charge in [-0.15, -0.1) is 0 Å². The van der Waals surface area contributed by atoms with Gasteiger partial charge in [-0.25, -0.2) is 5.10 Å². The highest BCUT2D eigenvalue weighted by atomic mass is 16.2. The fraction of sp³-hybridized carbons (Fsp3) is 0.286. The third-order valence-electron chi connectivity index (χ3n) is 3.22. The van der Waals surface area contributed by atoms with Gasteiger partial charge in [-0.1, -0.05) is 6.07 Å². The van der Waals surface area contributed by atoms with Crippen LogP contribution in [0.3, 0.4) is 0 Å². The highest BCUT2D eigenvalue weighted by molar-refractivity contribution is 5.92. The maximum atomic E-state index is 12.5. The van der Waals surface area contributed by atoms with E-state index in [-0.39, 0.29) is 23.2 Å². The van der Waals surface area contributed by atoms with Gasteiger partial charge < -0.3 is 4.90 Å². The van der Waals surface area contributed by atoms with Crippen molar-refractivity contribution in [3.63, 3.8) is 0 Å². The molecule has 0 aliphatic heterocycles. The van der Waals surface area contributed by atoms with Crippen LogP contribution in [0.15, 0.2) is 41.5 Å². The largest absolute Gasteiger partial charge is 0.330 e. The number of carbonyl (C=O) groups is 1. The Kier molecular flexibility index (Phi) is 3.28. The summed E-state index contributed by atoms with van der Waals surface area (Å²) in [6.07, 6.45) is 5.48. The second-order valence-electron chi connectivity index (χ2n) is 4.83. The Morgan fingerprint density at radius 1 is 1.35 bits per heavy atom. The summed E-state index contributed by atoms with van der Waals surface area (Å²) in [4.78, 5) is 29.3. The van der Waals surface area contributed by atoms with E-state index in [4.69, 9.17) is 0 Å². The second-order valence-corrected chi connectivity index (χ2v) is 4.83. The zero-order valence-corrected chi connectivity index (χ0v) is 10.8. The molecule has 2 aromatic heterocycles. The van der Waals surface area contributed by atoms with Crippen LogP contribution < -0.4 is 5.56 Å². The SMILES string of the molecule is O=C(c1ccc(=O)[nH]n1)N(Cc1cccnc1)C1CC1. The number of H-pyrrole nitrogens is 1. The van der Waals surface area contributed by atoms with Crippen LogP contribution >= 0.6 is 0 Å². The molecule has 0 atom stereocenters.